The zero-order valence-corrected chi connectivity index (χ0v) is 16.5. The fourth-order valence-electron chi connectivity index (χ4n) is 3.02. The molecule has 5 nitrogen and oxygen atoms in total. The van der Waals surface area contributed by atoms with Gasteiger partial charge < -0.3 is 10.1 Å². The molecular formula is C24H19F2N3O2. The highest BCUT2D eigenvalue weighted by Gasteiger charge is 2.20. The first-order valence-corrected chi connectivity index (χ1v) is 9.63. The minimum Gasteiger partial charge on any atom is -0.471 e. The smallest absolute Gasteiger partial charge is 0.262 e. The van der Waals surface area contributed by atoms with Gasteiger partial charge in [-0.05, 0) is 23.3 Å². The van der Waals surface area contributed by atoms with E-state index >= 15 is 0 Å². The third-order valence-electron chi connectivity index (χ3n) is 4.56. The summed E-state index contributed by atoms with van der Waals surface area (Å²) in [7, 11) is 0. The van der Waals surface area contributed by atoms with E-state index in [-0.39, 0.29) is 23.7 Å². The summed E-state index contributed by atoms with van der Waals surface area (Å²) in [6.07, 6.45) is 1.55. The monoisotopic (exact) mass is 419 g/mol. The first-order chi connectivity index (χ1) is 15.1. The van der Waals surface area contributed by atoms with Crippen molar-refractivity contribution in [1.29, 1.82) is 0 Å². The van der Waals surface area contributed by atoms with Crippen LogP contribution in [0.15, 0.2) is 85.1 Å². The molecule has 31 heavy (non-hydrogen) atoms. The Kier molecular flexibility index (Phi) is 6.03. The van der Waals surface area contributed by atoms with Crippen molar-refractivity contribution in [3.63, 3.8) is 0 Å². The second kappa shape index (κ2) is 9.21. The van der Waals surface area contributed by atoms with Crippen molar-refractivity contribution in [1.82, 2.24) is 9.78 Å². The maximum atomic E-state index is 14.0. The number of benzene rings is 3. The molecule has 0 atom stereocenters. The number of amides is 1. The first kappa shape index (κ1) is 20.3. The molecule has 0 saturated heterocycles. The van der Waals surface area contributed by atoms with Crippen LogP contribution in [0, 0.1) is 11.6 Å². The fraction of sp³-hybridized carbons (Fsp3) is 0.0833. The van der Waals surface area contributed by atoms with Crippen molar-refractivity contribution in [3.05, 3.63) is 113 Å². The van der Waals surface area contributed by atoms with Crippen LogP contribution < -0.4 is 10.1 Å². The van der Waals surface area contributed by atoms with Crippen molar-refractivity contribution < 1.29 is 18.3 Å². The van der Waals surface area contributed by atoms with Crippen LogP contribution in [0.5, 0.6) is 5.88 Å². The largest absolute Gasteiger partial charge is 0.471 e. The third-order valence-corrected chi connectivity index (χ3v) is 4.56. The molecule has 156 valence electrons. The number of anilines is 1. The summed E-state index contributed by atoms with van der Waals surface area (Å²) < 4.78 is 34.5. The van der Waals surface area contributed by atoms with Gasteiger partial charge in [0.2, 0.25) is 5.88 Å². The maximum Gasteiger partial charge on any atom is 0.262 e. The Labute approximate surface area is 177 Å². The number of halogens is 2. The van der Waals surface area contributed by atoms with E-state index in [4.69, 9.17) is 4.74 Å². The number of carbonyl (C=O) groups is 1. The van der Waals surface area contributed by atoms with E-state index < -0.39 is 17.5 Å². The number of ether oxygens (including phenoxy) is 1. The zero-order valence-electron chi connectivity index (χ0n) is 16.5. The van der Waals surface area contributed by atoms with Crippen molar-refractivity contribution in [2.75, 3.05) is 5.32 Å². The summed E-state index contributed by atoms with van der Waals surface area (Å²) in [5.41, 5.74) is 1.93. The number of hydrogen-bond acceptors (Lipinski definition) is 3. The van der Waals surface area contributed by atoms with E-state index in [9.17, 15) is 13.6 Å². The van der Waals surface area contributed by atoms with Gasteiger partial charge in [0.1, 0.15) is 23.8 Å². The molecule has 0 aliphatic heterocycles. The number of nitrogens with zero attached hydrogens (tertiary/aromatic N) is 2. The van der Waals surface area contributed by atoms with Crippen molar-refractivity contribution in [2.24, 2.45) is 0 Å². The number of carbonyl (C=O) groups excluding carboxylic acids is 1. The Bertz CT molecular complexity index is 1180. The molecule has 1 aromatic heterocycles. The predicted octanol–water partition coefficient (Wildman–Crippen LogP) is 5.04. The van der Waals surface area contributed by atoms with Gasteiger partial charge in [-0.25, -0.2) is 8.78 Å². The fourth-order valence-corrected chi connectivity index (χ4v) is 3.02. The van der Waals surface area contributed by atoms with Crippen LogP contribution in [0.2, 0.25) is 0 Å². The third kappa shape index (κ3) is 5.14. The van der Waals surface area contributed by atoms with Crippen molar-refractivity contribution >= 4 is 11.6 Å². The zero-order chi connectivity index (χ0) is 21.6. The Morgan fingerprint density at radius 2 is 1.61 bits per heavy atom. The molecule has 1 amide bonds. The van der Waals surface area contributed by atoms with Gasteiger partial charge in [-0.2, -0.15) is 0 Å². The number of hydrogen-bond donors (Lipinski definition) is 1. The highest BCUT2D eigenvalue weighted by Crippen LogP contribution is 2.22. The molecule has 4 rings (SSSR count). The summed E-state index contributed by atoms with van der Waals surface area (Å²) in [6.45, 7) is 0.648. The van der Waals surface area contributed by atoms with Crippen LogP contribution in [0.4, 0.5) is 14.5 Å². The molecule has 1 heterocycles. The number of aromatic nitrogens is 2. The molecule has 0 radical (unpaired) electrons. The molecule has 0 saturated carbocycles. The topological polar surface area (TPSA) is 56.2 Å². The molecule has 7 heteroatoms. The van der Waals surface area contributed by atoms with E-state index in [1.165, 1.54) is 6.07 Å². The first-order valence-electron chi connectivity index (χ1n) is 9.63. The van der Waals surface area contributed by atoms with Crippen LogP contribution in [0.1, 0.15) is 21.5 Å². The molecule has 0 aliphatic rings. The van der Waals surface area contributed by atoms with Gasteiger partial charge in [0.05, 0.1) is 12.2 Å². The van der Waals surface area contributed by atoms with Gasteiger partial charge in [-0.3, -0.25) is 9.48 Å². The maximum absolute atomic E-state index is 14.0. The summed E-state index contributed by atoms with van der Waals surface area (Å²) in [5, 5.41) is 6.86. The molecule has 0 aliphatic carbocycles. The predicted molar refractivity (Wildman–Crippen MR) is 113 cm³/mol. The second-order valence-corrected chi connectivity index (χ2v) is 6.88. The highest BCUT2D eigenvalue weighted by molar-refractivity contribution is 6.05. The normalized spacial score (nSPS) is 10.6. The summed E-state index contributed by atoms with van der Waals surface area (Å²) in [5.74, 6) is -2.07. The summed E-state index contributed by atoms with van der Waals surface area (Å²) in [6, 6.07) is 22.0. The highest BCUT2D eigenvalue weighted by atomic mass is 19.1. The van der Waals surface area contributed by atoms with Gasteiger partial charge in [-0.15, -0.1) is 5.10 Å². The van der Waals surface area contributed by atoms with Crippen LogP contribution in [0.3, 0.4) is 0 Å². The molecule has 4 aromatic rings. The van der Waals surface area contributed by atoms with E-state index in [0.29, 0.717) is 12.6 Å². The standard InChI is InChI=1S/C24H19F2N3O2/c25-19-11-12-22(21(26)13-19)27-23(30)20-15-29(14-17-7-3-1-4-8-17)28-24(20)31-16-18-9-5-2-6-10-18/h1-13,15H,14,16H2,(H,27,30). The number of rotatable bonds is 7. The average molecular weight is 419 g/mol. The molecule has 0 unspecified atom stereocenters. The van der Waals surface area contributed by atoms with Crippen LogP contribution in [0.25, 0.3) is 0 Å². The molecule has 3 aromatic carbocycles. The summed E-state index contributed by atoms with van der Waals surface area (Å²) in [4.78, 5) is 12.8. The summed E-state index contributed by atoms with van der Waals surface area (Å²) >= 11 is 0. The lowest BCUT2D eigenvalue weighted by atomic mass is 10.2. The Balaban J connectivity index is 1.59. The molecule has 0 bridgehead atoms. The van der Waals surface area contributed by atoms with Crippen LogP contribution in [-0.2, 0) is 13.2 Å². The van der Waals surface area contributed by atoms with Gasteiger partial charge in [0.15, 0.2) is 0 Å². The Morgan fingerprint density at radius 1 is 0.935 bits per heavy atom. The van der Waals surface area contributed by atoms with E-state index in [1.54, 1.807) is 10.9 Å². The van der Waals surface area contributed by atoms with Gasteiger partial charge in [0, 0.05) is 12.3 Å². The minimum absolute atomic E-state index is 0.125. The Hall–Kier alpha value is -4.00. The van der Waals surface area contributed by atoms with Crippen LogP contribution >= 0.6 is 0 Å². The number of nitrogens with one attached hydrogen (secondary N) is 1. The van der Waals surface area contributed by atoms with E-state index in [1.807, 2.05) is 60.7 Å². The second-order valence-electron chi connectivity index (χ2n) is 6.88. The molecular weight excluding hydrogens is 400 g/mol. The lowest BCUT2D eigenvalue weighted by Gasteiger charge is -2.08. The van der Waals surface area contributed by atoms with Crippen molar-refractivity contribution in [3.8, 4) is 5.88 Å². The minimum atomic E-state index is -0.864. The lowest BCUT2D eigenvalue weighted by Crippen LogP contribution is -2.14. The van der Waals surface area contributed by atoms with Crippen LogP contribution in [-0.4, -0.2) is 15.7 Å². The average Bonchev–Trinajstić information content (AvgIpc) is 3.18. The molecule has 0 spiro atoms. The van der Waals surface area contributed by atoms with Crippen molar-refractivity contribution in [2.45, 2.75) is 13.2 Å². The van der Waals surface area contributed by atoms with E-state index in [0.717, 1.165) is 17.2 Å². The Morgan fingerprint density at radius 3 is 2.29 bits per heavy atom. The van der Waals surface area contributed by atoms with Gasteiger partial charge >= 0.3 is 0 Å². The van der Waals surface area contributed by atoms with E-state index in [2.05, 4.69) is 10.4 Å². The van der Waals surface area contributed by atoms with Gasteiger partial charge in [0.25, 0.3) is 5.91 Å². The SMILES string of the molecule is O=C(Nc1ccc(F)cc1F)c1cn(Cc2ccccc2)nc1OCc1ccccc1. The molecule has 0 fully saturated rings. The van der Waals surface area contributed by atoms with Gasteiger partial charge in [-0.1, -0.05) is 60.7 Å². The quantitative estimate of drug-likeness (QED) is 0.457. The lowest BCUT2D eigenvalue weighted by molar-refractivity contribution is 0.102. The molecule has 1 N–H and O–H groups in total.